The quantitative estimate of drug-likeness (QED) is 0.605. The minimum absolute atomic E-state index is 0.0268. The Kier molecular flexibility index (Phi) is 6.07. The highest BCUT2D eigenvalue weighted by atomic mass is 32.2. The van der Waals surface area contributed by atoms with Crippen molar-refractivity contribution in [2.45, 2.75) is 18.7 Å². The zero-order valence-corrected chi connectivity index (χ0v) is 17.5. The minimum Gasteiger partial charge on any atom is -0.497 e. The number of hydrogen-bond donors (Lipinski definition) is 2. The molecule has 1 amide bonds. The summed E-state index contributed by atoms with van der Waals surface area (Å²) in [5, 5.41) is 2.58. The van der Waals surface area contributed by atoms with E-state index >= 15 is 0 Å². The largest absolute Gasteiger partial charge is 0.497 e. The van der Waals surface area contributed by atoms with Crippen molar-refractivity contribution in [2.24, 2.45) is 0 Å². The first-order valence-electron chi connectivity index (χ1n) is 9.04. The Hall–Kier alpha value is -3.39. The van der Waals surface area contributed by atoms with Crippen LogP contribution in [0.25, 0.3) is 0 Å². The van der Waals surface area contributed by atoms with Crippen molar-refractivity contribution >= 4 is 27.3 Å². The third kappa shape index (κ3) is 4.77. The number of nitrogens with one attached hydrogen (secondary N) is 2. The van der Waals surface area contributed by atoms with Crippen LogP contribution in [0.15, 0.2) is 65.6 Å². The van der Waals surface area contributed by atoms with Crippen LogP contribution in [0, 0.1) is 19.7 Å². The molecule has 6 nitrogen and oxygen atoms in total. The van der Waals surface area contributed by atoms with Crippen LogP contribution in [0.3, 0.4) is 0 Å². The summed E-state index contributed by atoms with van der Waals surface area (Å²) in [4.78, 5) is 12.5. The molecule has 2 N–H and O–H groups in total. The molecule has 0 aromatic heterocycles. The van der Waals surface area contributed by atoms with E-state index in [2.05, 4.69) is 10.0 Å². The van der Waals surface area contributed by atoms with Crippen LogP contribution in [0.1, 0.15) is 21.5 Å². The highest BCUT2D eigenvalue weighted by Crippen LogP contribution is 2.23. The van der Waals surface area contributed by atoms with Gasteiger partial charge in [0, 0.05) is 16.9 Å². The van der Waals surface area contributed by atoms with Crippen molar-refractivity contribution in [3.8, 4) is 5.75 Å². The van der Waals surface area contributed by atoms with Crippen LogP contribution in [0.2, 0.25) is 0 Å². The van der Waals surface area contributed by atoms with E-state index in [-0.39, 0.29) is 16.1 Å². The van der Waals surface area contributed by atoms with Crippen LogP contribution in [-0.2, 0) is 10.0 Å². The number of amides is 1. The van der Waals surface area contributed by atoms with Gasteiger partial charge in [-0.05, 0) is 73.5 Å². The Bertz CT molecular complexity index is 1190. The van der Waals surface area contributed by atoms with Gasteiger partial charge in [-0.25, -0.2) is 12.8 Å². The Morgan fingerprint density at radius 2 is 1.53 bits per heavy atom. The molecule has 8 heteroatoms. The molecule has 0 bridgehead atoms. The van der Waals surface area contributed by atoms with Gasteiger partial charge in [-0.2, -0.15) is 0 Å². The number of rotatable bonds is 6. The second kappa shape index (κ2) is 8.54. The molecule has 30 heavy (non-hydrogen) atoms. The molecule has 0 saturated carbocycles. The number of carbonyl (C=O) groups excluding carboxylic acids is 1. The smallest absolute Gasteiger partial charge is 0.262 e. The molecule has 0 atom stereocenters. The maximum atomic E-state index is 13.7. The maximum absolute atomic E-state index is 13.7. The van der Waals surface area contributed by atoms with Crippen LogP contribution in [0.4, 0.5) is 15.8 Å². The highest BCUT2D eigenvalue weighted by molar-refractivity contribution is 7.92. The first kappa shape index (κ1) is 21.3. The van der Waals surface area contributed by atoms with Gasteiger partial charge in [0.15, 0.2) is 0 Å². The normalized spacial score (nSPS) is 11.1. The Morgan fingerprint density at radius 3 is 2.17 bits per heavy atom. The summed E-state index contributed by atoms with van der Waals surface area (Å²) in [5.41, 5.74) is 1.72. The number of aryl methyl sites for hydroxylation is 2. The van der Waals surface area contributed by atoms with Crippen molar-refractivity contribution in [3.05, 3.63) is 83.2 Å². The van der Waals surface area contributed by atoms with Crippen LogP contribution in [0.5, 0.6) is 5.75 Å². The third-order valence-electron chi connectivity index (χ3n) is 4.51. The predicted molar refractivity (Wildman–Crippen MR) is 114 cm³/mol. The lowest BCUT2D eigenvalue weighted by molar-refractivity contribution is 0.102. The molecule has 0 aliphatic rings. The number of benzene rings is 3. The molecule has 0 aliphatic carbocycles. The summed E-state index contributed by atoms with van der Waals surface area (Å²) in [6.45, 7) is 3.26. The summed E-state index contributed by atoms with van der Waals surface area (Å²) in [7, 11) is -2.42. The van der Waals surface area contributed by atoms with Gasteiger partial charge in [0.1, 0.15) is 11.6 Å². The standard InChI is InChI=1S/C22H21FN2O4S/c1-14-5-7-18(13-20(14)23)24-22(26)16-6-4-15(2)21(12-16)30(27,28)25-17-8-10-19(29-3)11-9-17/h4-13,25H,1-3H3,(H,24,26). The molecule has 3 rings (SSSR count). The lowest BCUT2D eigenvalue weighted by Gasteiger charge is -2.13. The van der Waals surface area contributed by atoms with E-state index in [0.29, 0.717) is 22.6 Å². The molecule has 156 valence electrons. The highest BCUT2D eigenvalue weighted by Gasteiger charge is 2.20. The predicted octanol–water partition coefficient (Wildman–Crippen LogP) is 4.50. The number of hydrogen-bond acceptors (Lipinski definition) is 4. The lowest BCUT2D eigenvalue weighted by atomic mass is 10.1. The molecular formula is C22H21FN2O4S. The summed E-state index contributed by atoms with van der Waals surface area (Å²) < 4.78 is 47.0. The van der Waals surface area contributed by atoms with E-state index in [9.17, 15) is 17.6 Å². The zero-order chi connectivity index (χ0) is 21.9. The topological polar surface area (TPSA) is 84.5 Å². The van der Waals surface area contributed by atoms with Gasteiger partial charge in [-0.3, -0.25) is 9.52 Å². The first-order chi connectivity index (χ1) is 14.2. The van der Waals surface area contributed by atoms with Gasteiger partial charge >= 0.3 is 0 Å². The second-order valence-electron chi connectivity index (χ2n) is 6.73. The third-order valence-corrected chi connectivity index (χ3v) is 6.04. The number of carbonyl (C=O) groups is 1. The number of halogens is 1. The minimum atomic E-state index is -3.94. The summed E-state index contributed by atoms with van der Waals surface area (Å²) in [5.74, 6) is -0.386. The fourth-order valence-corrected chi connectivity index (χ4v) is 4.10. The zero-order valence-electron chi connectivity index (χ0n) is 16.7. The molecule has 0 heterocycles. The van der Waals surface area contributed by atoms with Gasteiger partial charge in [-0.15, -0.1) is 0 Å². The average Bonchev–Trinajstić information content (AvgIpc) is 2.71. The van der Waals surface area contributed by atoms with Crippen molar-refractivity contribution in [1.82, 2.24) is 0 Å². The number of methoxy groups -OCH3 is 1. The fourth-order valence-electron chi connectivity index (χ4n) is 2.77. The number of anilines is 2. The molecule has 0 radical (unpaired) electrons. The molecule has 0 saturated heterocycles. The molecular weight excluding hydrogens is 407 g/mol. The van der Waals surface area contributed by atoms with E-state index < -0.39 is 21.7 Å². The van der Waals surface area contributed by atoms with Crippen molar-refractivity contribution in [3.63, 3.8) is 0 Å². The molecule has 3 aromatic rings. The van der Waals surface area contributed by atoms with Crippen LogP contribution in [-0.4, -0.2) is 21.4 Å². The lowest BCUT2D eigenvalue weighted by Crippen LogP contribution is -2.17. The summed E-state index contributed by atoms with van der Waals surface area (Å²) >= 11 is 0. The Balaban J connectivity index is 1.85. The average molecular weight is 428 g/mol. The monoisotopic (exact) mass is 428 g/mol. The van der Waals surface area contributed by atoms with E-state index in [1.165, 1.54) is 25.3 Å². The summed E-state index contributed by atoms with van der Waals surface area (Å²) in [6, 6.07) is 15.1. The van der Waals surface area contributed by atoms with Gasteiger partial charge in [0.05, 0.1) is 12.0 Å². The molecule has 0 unspecified atom stereocenters. The SMILES string of the molecule is COc1ccc(NS(=O)(=O)c2cc(C(=O)Nc3ccc(C)c(F)c3)ccc2C)cc1. The fraction of sp³-hybridized carbons (Fsp3) is 0.136. The van der Waals surface area contributed by atoms with E-state index in [1.54, 1.807) is 56.3 Å². The van der Waals surface area contributed by atoms with E-state index in [4.69, 9.17) is 4.74 Å². The maximum Gasteiger partial charge on any atom is 0.262 e. The van der Waals surface area contributed by atoms with E-state index in [0.717, 1.165) is 0 Å². The molecule has 0 fully saturated rings. The van der Waals surface area contributed by atoms with E-state index in [1.807, 2.05) is 0 Å². The Morgan fingerprint density at radius 1 is 0.900 bits per heavy atom. The van der Waals surface area contributed by atoms with Crippen LogP contribution >= 0.6 is 0 Å². The second-order valence-corrected chi connectivity index (χ2v) is 8.38. The van der Waals surface area contributed by atoms with Crippen molar-refractivity contribution in [2.75, 3.05) is 17.1 Å². The van der Waals surface area contributed by atoms with Gasteiger partial charge in [0.25, 0.3) is 15.9 Å². The molecule has 3 aromatic carbocycles. The van der Waals surface area contributed by atoms with Gasteiger partial charge < -0.3 is 10.1 Å². The molecule has 0 spiro atoms. The van der Waals surface area contributed by atoms with Crippen molar-refractivity contribution < 1.29 is 22.3 Å². The summed E-state index contributed by atoms with van der Waals surface area (Å²) in [6.07, 6.45) is 0. The van der Waals surface area contributed by atoms with Gasteiger partial charge in [0.2, 0.25) is 0 Å². The van der Waals surface area contributed by atoms with Crippen LogP contribution < -0.4 is 14.8 Å². The first-order valence-corrected chi connectivity index (χ1v) is 10.5. The number of ether oxygens (including phenoxy) is 1. The Labute approximate surface area is 174 Å². The van der Waals surface area contributed by atoms with Crippen molar-refractivity contribution in [1.29, 1.82) is 0 Å². The molecule has 0 aliphatic heterocycles. The van der Waals surface area contributed by atoms with Gasteiger partial charge in [-0.1, -0.05) is 12.1 Å². The number of sulfonamides is 1.